The summed E-state index contributed by atoms with van der Waals surface area (Å²) >= 11 is 0. The van der Waals surface area contributed by atoms with Crippen molar-refractivity contribution in [2.45, 2.75) is 29.6 Å². The summed E-state index contributed by atoms with van der Waals surface area (Å²) in [6, 6.07) is 3.38. The van der Waals surface area contributed by atoms with E-state index in [0.29, 0.717) is 23.6 Å². The van der Waals surface area contributed by atoms with Gasteiger partial charge in [0.05, 0.1) is 14.2 Å². The molecule has 1 aromatic rings. The van der Waals surface area contributed by atoms with Gasteiger partial charge in [0.15, 0.2) is 9.84 Å². The van der Waals surface area contributed by atoms with Gasteiger partial charge in [-0.25, -0.2) is 8.42 Å². The Kier molecular flexibility index (Phi) is 3.97. The van der Waals surface area contributed by atoms with Crippen LogP contribution < -0.4 is 15.2 Å². The summed E-state index contributed by atoms with van der Waals surface area (Å²) in [5.74, 6) is 0.916. The molecule has 1 saturated carbocycles. The van der Waals surface area contributed by atoms with Crippen molar-refractivity contribution in [3.63, 3.8) is 0 Å². The van der Waals surface area contributed by atoms with Gasteiger partial charge in [0.2, 0.25) is 0 Å². The molecule has 2 N–H and O–H groups in total. The Labute approximate surface area is 120 Å². The van der Waals surface area contributed by atoms with Crippen LogP contribution in [0, 0.1) is 0 Å². The van der Waals surface area contributed by atoms with Crippen LogP contribution >= 0.6 is 0 Å². The summed E-state index contributed by atoms with van der Waals surface area (Å²) in [7, 11) is -0.428. The van der Waals surface area contributed by atoms with Gasteiger partial charge < -0.3 is 15.2 Å². The molecule has 6 heteroatoms. The highest BCUT2D eigenvalue weighted by atomic mass is 32.2. The van der Waals surface area contributed by atoms with E-state index in [4.69, 9.17) is 15.2 Å². The summed E-state index contributed by atoms with van der Waals surface area (Å²) in [6.45, 7) is 0.402. The first-order chi connectivity index (χ1) is 9.39. The number of sulfone groups is 1. The molecular weight excluding hydrogens is 278 g/mol. The summed E-state index contributed by atoms with van der Waals surface area (Å²) in [5.41, 5.74) is 6.29. The molecule has 5 nitrogen and oxygen atoms in total. The Morgan fingerprint density at radius 2 is 1.75 bits per heavy atom. The van der Waals surface area contributed by atoms with E-state index in [-0.39, 0.29) is 10.3 Å². The molecule has 20 heavy (non-hydrogen) atoms. The number of hydrogen-bond donors (Lipinski definition) is 1. The van der Waals surface area contributed by atoms with Crippen LogP contribution in [0.3, 0.4) is 0 Å². The normalized spacial score (nSPS) is 17.4. The molecule has 0 spiro atoms. The minimum absolute atomic E-state index is 0.213. The fourth-order valence-corrected chi connectivity index (χ4v) is 4.11. The van der Waals surface area contributed by atoms with E-state index < -0.39 is 9.84 Å². The SMILES string of the molecule is COc1ccc(OC)c(S(C)(=O)=O)c1C1(CN)CCC1. The van der Waals surface area contributed by atoms with Crippen LogP contribution in [0.4, 0.5) is 0 Å². The van der Waals surface area contributed by atoms with E-state index in [1.54, 1.807) is 19.2 Å². The first-order valence-electron chi connectivity index (χ1n) is 6.55. The first-order valence-corrected chi connectivity index (χ1v) is 8.44. The van der Waals surface area contributed by atoms with Crippen LogP contribution in [0.15, 0.2) is 17.0 Å². The molecule has 0 amide bonds. The molecule has 0 aliphatic heterocycles. The lowest BCUT2D eigenvalue weighted by Gasteiger charge is -2.43. The zero-order chi connectivity index (χ0) is 15.0. The van der Waals surface area contributed by atoms with Crippen molar-refractivity contribution in [2.24, 2.45) is 5.73 Å². The number of methoxy groups -OCH3 is 2. The van der Waals surface area contributed by atoms with E-state index in [0.717, 1.165) is 19.3 Å². The van der Waals surface area contributed by atoms with Crippen molar-refractivity contribution in [3.05, 3.63) is 17.7 Å². The van der Waals surface area contributed by atoms with Crippen molar-refractivity contribution in [2.75, 3.05) is 27.0 Å². The molecule has 1 fully saturated rings. The zero-order valence-electron chi connectivity index (χ0n) is 12.1. The molecule has 112 valence electrons. The Morgan fingerprint density at radius 3 is 2.10 bits per heavy atom. The van der Waals surface area contributed by atoms with Crippen LogP contribution in [0.5, 0.6) is 11.5 Å². The predicted octanol–water partition coefficient (Wildman–Crippen LogP) is 1.49. The maximum absolute atomic E-state index is 12.2. The number of ether oxygens (including phenoxy) is 2. The van der Waals surface area contributed by atoms with Gasteiger partial charge in [-0.1, -0.05) is 6.42 Å². The third-order valence-electron chi connectivity index (χ3n) is 4.13. The monoisotopic (exact) mass is 299 g/mol. The van der Waals surface area contributed by atoms with Crippen LogP contribution in [-0.2, 0) is 15.3 Å². The Balaban J connectivity index is 2.81. The van der Waals surface area contributed by atoms with Crippen LogP contribution in [0.2, 0.25) is 0 Å². The second-order valence-electron chi connectivity index (χ2n) is 5.28. The Bertz CT molecular complexity index is 600. The van der Waals surface area contributed by atoms with E-state index in [2.05, 4.69) is 0 Å². The summed E-state index contributed by atoms with van der Waals surface area (Å²) in [6.07, 6.45) is 3.97. The minimum atomic E-state index is -3.44. The Hall–Kier alpha value is -1.27. The molecular formula is C14H21NO4S. The third kappa shape index (κ3) is 2.27. The van der Waals surface area contributed by atoms with Gasteiger partial charge >= 0.3 is 0 Å². The fourth-order valence-electron chi connectivity index (χ4n) is 2.91. The first kappa shape index (κ1) is 15.1. The second kappa shape index (κ2) is 5.26. The smallest absolute Gasteiger partial charge is 0.179 e. The number of benzene rings is 1. The molecule has 0 radical (unpaired) electrons. The lowest BCUT2D eigenvalue weighted by atomic mass is 9.64. The minimum Gasteiger partial charge on any atom is -0.496 e. The van der Waals surface area contributed by atoms with Crippen molar-refractivity contribution in [1.82, 2.24) is 0 Å². The molecule has 0 atom stereocenters. The van der Waals surface area contributed by atoms with Gasteiger partial charge in [-0.2, -0.15) is 0 Å². The molecule has 0 aromatic heterocycles. The zero-order valence-corrected chi connectivity index (χ0v) is 12.9. The van der Waals surface area contributed by atoms with Gasteiger partial charge in [-0.3, -0.25) is 0 Å². The molecule has 2 rings (SSSR count). The summed E-state index contributed by atoms with van der Waals surface area (Å²) in [5, 5.41) is 0. The molecule has 1 aliphatic rings. The van der Waals surface area contributed by atoms with Gasteiger partial charge in [0.1, 0.15) is 16.4 Å². The number of nitrogens with two attached hydrogens (primary N) is 1. The van der Waals surface area contributed by atoms with Crippen LogP contribution in [-0.4, -0.2) is 35.4 Å². The summed E-state index contributed by atoms with van der Waals surface area (Å²) < 4.78 is 35.1. The molecule has 0 unspecified atom stereocenters. The largest absolute Gasteiger partial charge is 0.496 e. The quantitative estimate of drug-likeness (QED) is 0.891. The molecule has 0 bridgehead atoms. The molecule has 0 heterocycles. The van der Waals surface area contributed by atoms with E-state index >= 15 is 0 Å². The lowest BCUT2D eigenvalue weighted by molar-refractivity contribution is 0.236. The fraction of sp³-hybridized carbons (Fsp3) is 0.571. The highest BCUT2D eigenvalue weighted by Gasteiger charge is 2.43. The topological polar surface area (TPSA) is 78.6 Å². The van der Waals surface area contributed by atoms with Crippen molar-refractivity contribution in [1.29, 1.82) is 0 Å². The van der Waals surface area contributed by atoms with Crippen molar-refractivity contribution in [3.8, 4) is 11.5 Å². The van der Waals surface area contributed by atoms with Crippen molar-refractivity contribution < 1.29 is 17.9 Å². The average molecular weight is 299 g/mol. The standard InChI is InChI=1S/C14H21NO4S/c1-18-10-5-6-11(19-2)13(20(3,16)17)12(10)14(9-15)7-4-8-14/h5-6H,4,7-9,15H2,1-3H3. The molecule has 0 saturated heterocycles. The third-order valence-corrected chi connectivity index (χ3v) is 5.27. The van der Waals surface area contributed by atoms with Crippen molar-refractivity contribution >= 4 is 9.84 Å². The van der Waals surface area contributed by atoms with E-state index in [9.17, 15) is 8.42 Å². The predicted molar refractivity (Wildman–Crippen MR) is 77.2 cm³/mol. The number of rotatable bonds is 5. The maximum Gasteiger partial charge on any atom is 0.179 e. The maximum atomic E-state index is 12.2. The van der Waals surface area contributed by atoms with E-state index in [1.807, 2.05) is 0 Å². The molecule has 1 aliphatic carbocycles. The van der Waals surface area contributed by atoms with Gasteiger partial charge in [-0.15, -0.1) is 0 Å². The van der Waals surface area contributed by atoms with Gasteiger partial charge in [0.25, 0.3) is 0 Å². The summed E-state index contributed by atoms with van der Waals surface area (Å²) in [4.78, 5) is 0.213. The number of hydrogen-bond acceptors (Lipinski definition) is 5. The Morgan fingerprint density at radius 1 is 1.20 bits per heavy atom. The van der Waals surface area contributed by atoms with Gasteiger partial charge in [0, 0.05) is 23.8 Å². The lowest BCUT2D eigenvalue weighted by Crippen LogP contribution is -2.43. The van der Waals surface area contributed by atoms with E-state index in [1.165, 1.54) is 13.4 Å². The van der Waals surface area contributed by atoms with Crippen LogP contribution in [0.1, 0.15) is 24.8 Å². The van der Waals surface area contributed by atoms with Crippen LogP contribution in [0.25, 0.3) is 0 Å². The molecule has 1 aromatic carbocycles. The highest BCUT2D eigenvalue weighted by molar-refractivity contribution is 7.90. The average Bonchev–Trinajstić information content (AvgIpc) is 2.36. The van der Waals surface area contributed by atoms with Gasteiger partial charge in [-0.05, 0) is 25.0 Å². The highest BCUT2D eigenvalue weighted by Crippen LogP contribution is 2.50. The second-order valence-corrected chi connectivity index (χ2v) is 7.24.